The molecule has 0 atom stereocenters. The van der Waals surface area contributed by atoms with E-state index in [1.807, 2.05) is 0 Å². The summed E-state index contributed by atoms with van der Waals surface area (Å²) in [6.45, 7) is 57.0. The topological polar surface area (TPSA) is 80.6 Å². The number of nitrogens with one attached hydrogen (secondary N) is 2. The van der Waals surface area contributed by atoms with Crippen molar-refractivity contribution in [1.82, 2.24) is 31.8 Å². The number of rotatable bonds is 12. The third kappa shape index (κ3) is 74.3. The average molecular weight is 1250 g/mol. The maximum atomic E-state index is 12.6. The Morgan fingerprint density at radius 1 is 0.589 bits per heavy atom. The normalized spacial score (nSPS) is 12.3. The van der Waals surface area contributed by atoms with Crippen LogP contribution in [0.25, 0.3) is 0 Å². The van der Waals surface area contributed by atoms with Crippen molar-refractivity contribution in [3.8, 4) is 0 Å². The average Bonchev–Trinajstić information content (AvgIpc) is 3.61. The predicted octanol–water partition coefficient (Wildman–Crippen LogP) is 14.1. The summed E-state index contributed by atoms with van der Waals surface area (Å²) in [5.41, 5.74) is -1.98. The number of carbonyl (C=O) groups is 1. The minimum atomic E-state index is -4.79. The van der Waals surface area contributed by atoms with Crippen LogP contribution in [0.2, 0.25) is 170 Å². The number of aromatic nitrogens is 1. The van der Waals surface area contributed by atoms with Gasteiger partial charge in [0.15, 0.2) is 24.9 Å². The molecule has 2 N–H and O–H groups in total. The summed E-state index contributed by atoms with van der Waals surface area (Å²) >= 11 is 3.73. The molecule has 0 spiro atoms. The van der Waals surface area contributed by atoms with Crippen LogP contribution in [0.5, 0.6) is 0 Å². The molecule has 10 nitrogen and oxygen atoms in total. The van der Waals surface area contributed by atoms with E-state index in [1.165, 1.54) is 0 Å². The zero-order valence-electron chi connectivity index (χ0n) is 51.3. The van der Waals surface area contributed by atoms with E-state index in [9.17, 15) is 31.1 Å². The monoisotopic (exact) mass is 1240 g/mol. The first-order valence-corrected chi connectivity index (χ1v) is 56.7. The summed E-state index contributed by atoms with van der Waals surface area (Å²) in [5.74, 6) is -1.04. The van der Waals surface area contributed by atoms with E-state index in [-0.39, 0.29) is 28.4 Å². The van der Waals surface area contributed by atoms with Crippen molar-refractivity contribution in [2.45, 2.75) is 205 Å². The van der Waals surface area contributed by atoms with Gasteiger partial charge in [-0.05, 0) is 133 Å². The fourth-order valence-corrected chi connectivity index (χ4v) is 21.7. The van der Waals surface area contributed by atoms with Gasteiger partial charge in [-0.15, -0.1) is 0 Å². The number of nitrogens with zero attached hydrogens (tertiary/aromatic N) is 6. The molecule has 0 aliphatic rings. The Labute approximate surface area is 469 Å². The van der Waals surface area contributed by atoms with Gasteiger partial charge in [0.25, 0.3) is 5.90 Å². The Bertz CT molecular complexity index is 1470. The van der Waals surface area contributed by atoms with Crippen molar-refractivity contribution in [3.63, 3.8) is 0 Å². The minimum absolute atomic E-state index is 0. The van der Waals surface area contributed by atoms with E-state index < -0.39 is 109 Å². The molecular formula is C45H123BF6N8O2SSi10. The van der Waals surface area contributed by atoms with Crippen molar-refractivity contribution in [3.05, 3.63) is 24.5 Å². The van der Waals surface area contributed by atoms with Gasteiger partial charge in [-0.1, -0.05) is 140 Å². The molecule has 1 heterocycles. The summed E-state index contributed by atoms with van der Waals surface area (Å²) in [7, 11) is 6.36. The molecule has 1 rings (SSSR count). The summed E-state index contributed by atoms with van der Waals surface area (Å²) in [6.07, 6.45) is -4.90. The molecule has 0 amide bonds. The van der Waals surface area contributed by atoms with Gasteiger partial charge in [-0.25, -0.2) is 0 Å². The van der Waals surface area contributed by atoms with Crippen LogP contribution < -0.4 is 9.30 Å². The molecule has 1 aromatic heterocycles. The van der Waals surface area contributed by atoms with Gasteiger partial charge in [0, 0.05) is 0 Å². The van der Waals surface area contributed by atoms with Crippen LogP contribution in [-0.4, -0.2) is 194 Å². The number of alkyl halides is 6. The molecule has 0 saturated heterocycles. The quantitative estimate of drug-likeness (QED) is 0.0921. The van der Waals surface area contributed by atoms with Gasteiger partial charge in [0.1, 0.15) is 33.7 Å². The Hall–Kier alpha value is 0.214. The van der Waals surface area contributed by atoms with Crippen molar-refractivity contribution in [2.75, 3.05) is 56.4 Å². The van der Waals surface area contributed by atoms with Gasteiger partial charge >= 0.3 is 54.2 Å². The van der Waals surface area contributed by atoms with E-state index in [4.69, 9.17) is 4.43 Å². The molecule has 0 aliphatic carbocycles. The van der Waals surface area contributed by atoms with Crippen LogP contribution in [0, 0.1) is 0 Å². The van der Waals surface area contributed by atoms with Gasteiger partial charge in [0.05, 0.1) is 17.9 Å². The molecule has 0 saturated carbocycles. The summed E-state index contributed by atoms with van der Waals surface area (Å²) in [5, 5.41) is 0. The van der Waals surface area contributed by atoms with Gasteiger partial charge in [-0.2, -0.15) is 13.2 Å². The Kier molecular flexibility index (Phi) is 55.2. The molecule has 0 aromatic carbocycles. The van der Waals surface area contributed by atoms with Gasteiger partial charge in [-0.3, -0.25) is 4.66 Å². The van der Waals surface area contributed by atoms with Crippen molar-refractivity contribution >= 4 is 115 Å². The fraction of sp³-hybridized carbons (Fsp3) is 0.867. The fourth-order valence-electron chi connectivity index (χ4n) is 3.78. The standard InChI is InChI=1S/C8H18F3NOSi2.C7H13NSi.C6H18N2Si.C6H19NSi2.C5H15NSi.C4H15NSi2.C4H13NSi.C2BF3OS.3CH4/c1-14(2,3)12-7(8(9,10)11)13-15(4,5)6;1-9(2,3)8-6-4-5-7-8;1-7(2)9(5,6)8(3)4;1-8(2,3)7-9(4,5)6;1-6(2)7(3,4)5;1-6(2)5-7(3)4;1-5(2)6(3)4;4-2(5,6)1(7)3-8;;;/h1-6H3;4-7H,1-3H3;1-6H3;7H,1-6H3;1-5H3;5-7H,1-4H3;6H,1-4H3;;3*1H4. The van der Waals surface area contributed by atoms with Crippen LogP contribution in [0.4, 0.5) is 26.3 Å². The Morgan fingerprint density at radius 2 is 0.877 bits per heavy atom. The molecule has 446 valence electrons. The third-order valence-corrected chi connectivity index (χ3v) is 33.0. The number of hydrogen-bond donors (Lipinski definition) is 2. The molecule has 0 unspecified atom stereocenters. The molecule has 0 fully saturated rings. The second-order valence-corrected chi connectivity index (χ2v) is 68.3. The first-order chi connectivity index (χ1) is 30.2. The maximum absolute atomic E-state index is 12.6. The first-order valence-electron chi connectivity index (χ1n) is 24.0. The van der Waals surface area contributed by atoms with Crippen molar-refractivity contribution < 1.29 is 35.6 Å². The first kappa shape index (κ1) is 95.5. The van der Waals surface area contributed by atoms with E-state index in [0.29, 0.717) is 0 Å². The molecule has 1 aromatic rings. The van der Waals surface area contributed by atoms with Crippen LogP contribution in [0.3, 0.4) is 0 Å². The second kappa shape index (κ2) is 42.1. The zero-order chi connectivity index (χ0) is 58.6. The van der Waals surface area contributed by atoms with E-state index in [1.54, 1.807) is 39.3 Å². The summed E-state index contributed by atoms with van der Waals surface area (Å²) in [4.78, 5) is 9.55. The molecule has 0 bridgehead atoms. The van der Waals surface area contributed by atoms with Crippen LogP contribution >= 0.6 is 12.1 Å². The van der Waals surface area contributed by atoms with E-state index in [0.717, 1.165) is 0 Å². The summed E-state index contributed by atoms with van der Waals surface area (Å²) < 4.78 is 98.3. The molecule has 0 radical (unpaired) electrons. The van der Waals surface area contributed by atoms with Crippen molar-refractivity contribution in [2.24, 2.45) is 4.66 Å². The van der Waals surface area contributed by atoms with Crippen LogP contribution in [-0.2, 0) is 9.22 Å². The van der Waals surface area contributed by atoms with E-state index in [2.05, 4.69) is 260 Å². The zero-order valence-corrected chi connectivity index (χ0v) is 62.6. The summed E-state index contributed by atoms with van der Waals surface area (Å²) in [6, 6.07) is 4.16. The van der Waals surface area contributed by atoms with E-state index >= 15 is 0 Å². The molecule has 28 heteroatoms. The van der Waals surface area contributed by atoms with Gasteiger partial charge < -0.3 is 36.2 Å². The van der Waals surface area contributed by atoms with Crippen LogP contribution in [0.15, 0.2) is 29.2 Å². The predicted molar refractivity (Wildman–Crippen MR) is 354 cm³/mol. The second-order valence-electron chi connectivity index (χ2n) is 25.0. The van der Waals surface area contributed by atoms with Gasteiger partial charge in [0.2, 0.25) is 8.32 Å². The molecule has 0 aliphatic heterocycles. The number of hydrogen-bond acceptors (Lipinski definition) is 10. The van der Waals surface area contributed by atoms with Crippen molar-refractivity contribution in [1.29, 1.82) is 0 Å². The number of halogens is 6. The Morgan fingerprint density at radius 3 is 0.945 bits per heavy atom. The third-order valence-electron chi connectivity index (χ3n) is 8.83. The SMILES string of the molecule is C.C.C.CN(C)[SiH](C)C.CN(C)[Si](C)(C)C.CN(C)[Si](C)(C)N(C)C.C[SiH](C)N[SiH](C)C.C[Si](C)(C)N=C(O[Si](C)(C)C)C(F)(F)F.C[Si](C)(C)N[Si](C)(C)C.C[Si](C)(C)n1cccc1.O=C(B=S)C(F)(F)F. The molecule has 73 heavy (non-hydrogen) atoms. The number of carbonyl (C=O) groups excluding carboxylic acids is 1. The Balaban J connectivity index is -0.0000000784. The van der Waals surface area contributed by atoms with Crippen LogP contribution in [0.1, 0.15) is 22.3 Å². The molecular weight excluding hydrogens is 1120 g/mol.